The normalized spacial score (nSPS) is 18.4. The molecule has 1 saturated heterocycles. The maximum Gasteiger partial charge on any atom is 0.241 e. The molecule has 2 aromatic rings. The minimum absolute atomic E-state index is 0.0142. The standard InChI is InChI=1S/C14H18N6O/c1-10-17-18-19-20(10)12-6-4-5-11(9-12)16-14(21)13-7-2-3-8-15-13/h4-6,9,13,15H,2-3,7-8H2,1H3,(H,16,21)/t13-/m1/s1. The molecule has 7 nitrogen and oxygen atoms in total. The number of aromatic nitrogens is 4. The van der Waals surface area contributed by atoms with Crippen molar-refractivity contribution in [1.82, 2.24) is 25.5 Å². The van der Waals surface area contributed by atoms with Crippen molar-refractivity contribution in [3.8, 4) is 5.69 Å². The Morgan fingerprint density at radius 1 is 1.43 bits per heavy atom. The van der Waals surface area contributed by atoms with Crippen molar-refractivity contribution in [3.63, 3.8) is 0 Å². The molecular formula is C14H18N6O. The average Bonchev–Trinajstić information content (AvgIpc) is 2.94. The molecule has 0 bridgehead atoms. The smallest absolute Gasteiger partial charge is 0.241 e. The van der Waals surface area contributed by atoms with Crippen LogP contribution in [-0.2, 0) is 4.79 Å². The van der Waals surface area contributed by atoms with Crippen LogP contribution in [0.25, 0.3) is 5.69 Å². The summed E-state index contributed by atoms with van der Waals surface area (Å²) in [7, 11) is 0. The number of carbonyl (C=O) groups excluding carboxylic acids is 1. The number of nitrogens with one attached hydrogen (secondary N) is 2. The van der Waals surface area contributed by atoms with Crippen LogP contribution in [-0.4, -0.2) is 38.7 Å². The van der Waals surface area contributed by atoms with E-state index in [-0.39, 0.29) is 11.9 Å². The molecule has 2 N–H and O–H groups in total. The van der Waals surface area contributed by atoms with Gasteiger partial charge in [-0.15, -0.1) is 5.10 Å². The zero-order chi connectivity index (χ0) is 14.7. The summed E-state index contributed by atoms with van der Waals surface area (Å²) in [5.41, 5.74) is 1.58. The number of tetrazole rings is 1. The Balaban J connectivity index is 1.74. The first-order valence-corrected chi connectivity index (χ1v) is 7.14. The summed E-state index contributed by atoms with van der Waals surface area (Å²) in [5, 5.41) is 17.6. The van der Waals surface area contributed by atoms with Gasteiger partial charge in [-0.05, 0) is 54.9 Å². The zero-order valence-electron chi connectivity index (χ0n) is 11.9. The monoisotopic (exact) mass is 286 g/mol. The third kappa shape index (κ3) is 3.08. The number of carbonyl (C=O) groups is 1. The Hall–Kier alpha value is -2.28. The predicted octanol–water partition coefficient (Wildman–Crippen LogP) is 1.05. The van der Waals surface area contributed by atoms with Crippen molar-refractivity contribution in [2.75, 3.05) is 11.9 Å². The van der Waals surface area contributed by atoms with Crippen LogP contribution in [0.1, 0.15) is 25.1 Å². The number of amides is 1. The first-order valence-electron chi connectivity index (χ1n) is 7.14. The number of anilines is 1. The van der Waals surface area contributed by atoms with Crippen LogP contribution in [0, 0.1) is 6.92 Å². The van der Waals surface area contributed by atoms with Gasteiger partial charge in [0, 0.05) is 5.69 Å². The molecule has 1 aromatic heterocycles. The van der Waals surface area contributed by atoms with Gasteiger partial charge in [-0.25, -0.2) is 0 Å². The van der Waals surface area contributed by atoms with Crippen LogP contribution in [0.2, 0.25) is 0 Å². The molecule has 1 atom stereocenters. The zero-order valence-corrected chi connectivity index (χ0v) is 11.9. The van der Waals surface area contributed by atoms with E-state index in [0.29, 0.717) is 5.82 Å². The van der Waals surface area contributed by atoms with Gasteiger partial charge in [0.05, 0.1) is 11.7 Å². The highest BCUT2D eigenvalue weighted by Gasteiger charge is 2.20. The third-order valence-corrected chi connectivity index (χ3v) is 3.61. The Morgan fingerprint density at radius 2 is 2.33 bits per heavy atom. The van der Waals surface area contributed by atoms with Crippen LogP contribution in [0.3, 0.4) is 0 Å². The number of aryl methyl sites for hydroxylation is 1. The van der Waals surface area contributed by atoms with Gasteiger partial charge in [0.1, 0.15) is 0 Å². The number of benzene rings is 1. The van der Waals surface area contributed by atoms with Gasteiger partial charge >= 0.3 is 0 Å². The van der Waals surface area contributed by atoms with Crippen molar-refractivity contribution in [2.24, 2.45) is 0 Å². The van der Waals surface area contributed by atoms with Crippen molar-refractivity contribution in [1.29, 1.82) is 0 Å². The Morgan fingerprint density at radius 3 is 3.05 bits per heavy atom. The fourth-order valence-corrected chi connectivity index (χ4v) is 2.49. The second-order valence-electron chi connectivity index (χ2n) is 5.18. The molecule has 0 unspecified atom stereocenters. The molecule has 110 valence electrons. The summed E-state index contributed by atoms with van der Waals surface area (Å²) in [6.07, 6.45) is 3.12. The minimum Gasteiger partial charge on any atom is -0.325 e. The lowest BCUT2D eigenvalue weighted by atomic mass is 10.0. The van der Waals surface area contributed by atoms with Gasteiger partial charge in [0.2, 0.25) is 5.91 Å². The van der Waals surface area contributed by atoms with Gasteiger partial charge in [-0.2, -0.15) is 4.68 Å². The van der Waals surface area contributed by atoms with E-state index in [0.717, 1.165) is 37.2 Å². The van der Waals surface area contributed by atoms with Crippen molar-refractivity contribution in [2.45, 2.75) is 32.2 Å². The molecule has 1 amide bonds. The molecule has 21 heavy (non-hydrogen) atoms. The van der Waals surface area contributed by atoms with Crippen molar-refractivity contribution < 1.29 is 4.79 Å². The molecule has 2 heterocycles. The minimum atomic E-state index is -0.0998. The molecule has 0 radical (unpaired) electrons. The first-order chi connectivity index (χ1) is 10.2. The SMILES string of the molecule is Cc1nnnn1-c1cccc(NC(=O)[C@H]2CCCCN2)c1. The molecule has 3 rings (SSSR count). The number of nitrogens with zero attached hydrogens (tertiary/aromatic N) is 4. The quantitative estimate of drug-likeness (QED) is 0.881. The van der Waals surface area contributed by atoms with Crippen molar-refractivity contribution >= 4 is 11.6 Å². The summed E-state index contributed by atoms with van der Waals surface area (Å²) in [5.74, 6) is 0.715. The van der Waals surface area contributed by atoms with E-state index < -0.39 is 0 Å². The van der Waals surface area contributed by atoms with E-state index in [1.807, 2.05) is 31.2 Å². The second-order valence-corrected chi connectivity index (χ2v) is 5.18. The molecule has 1 aliphatic rings. The van der Waals surface area contributed by atoms with Crippen molar-refractivity contribution in [3.05, 3.63) is 30.1 Å². The van der Waals surface area contributed by atoms with E-state index in [1.54, 1.807) is 4.68 Å². The summed E-state index contributed by atoms with van der Waals surface area (Å²) in [6, 6.07) is 7.41. The summed E-state index contributed by atoms with van der Waals surface area (Å²) in [4.78, 5) is 12.2. The lowest BCUT2D eigenvalue weighted by Crippen LogP contribution is -2.43. The first kappa shape index (κ1) is 13.7. The van der Waals surface area contributed by atoms with Gasteiger partial charge in [-0.1, -0.05) is 12.5 Å². The van der Waals surface area contributed by atoms with E-state index in [1.165, 1.54) is 0 Å². The molecule has 7 heteroatoms. The third-order valence-electron chi connectivity index (χ3n) is 3.61. The lowest BCUT2D eigenvalue weighted by Gasteiger charge is -2.22. The van der Waals surface area contributed by atoms with Crippen LogP contribution >= 0.6 is 0 Å². The van der Waals surface area contributed by atoms with Crippen LogP contribution < -0.4 is 10.6 Å². The maximum absolute atomic E-state index is 12.2. The van der Waals surface area contributed by atoms with E-state index in [2.05, 4.69) is 26.2 Å². The topological polar surface area (TPSA) is 84.7 Å². The highest BCUT2D eigenvalue weighted by atomic mass is 16.2. The van der Waals surface area contributed by atoms with Crippen LogP contribution in [0.5, 0.6) is 0 Å². The van der Waals surface area contributed by atoms with Gasteiger partial charge in [0.25, 0.3) is 0 Å². The molecule has 0 saturated carbocycles. The lowest BCUT2D eigenvalue weighted by molar-refractivity contribution is -0.118. The highest BCUT2D eigenvalue weighted by molar-refractivity contribution is 5.95. The maximum atomic E-state index is 12.2. The molecular weight excluding hydrogens is 268 g/mol. The van der Waals surface area contributed by atoms with E-state index in [4.69, 9.17) is 0 Å². The van der Waals surface area contributed by atoms with Gasteiger partial charge in [0.15, 0.2) is 5.82 Å². The molecule has 0 aliphatic carbocycles. The Labute approximate surface area is 122 Å². The van der Waals surface area contributed by atoms with E-state index >= 15 is 0 Å². The Kier molecular flexibility index (Phi) is 3.92. The molecule has 0 spiro atoms. The second kappa shape index (κ2) is 6.01. The number of hydrogen-bond donors (Lipinski definition) is 2. The fraction of sp³-hybridized carbons (Fsp3) is 0.429. The van der Waals surface area contributed by atoms with Crippen LogP contribution in [0.15, 0.2) is 24.3 Å². The van der Waals surface area contributed by atoms with Gasteiger partial charge in [-0.3, -0.25) is 4.79 Å². The molecule has 1 fully saturated rings. The van der Waals surface area contributed by atoms with E-state index in [9.17, 15) is 4.79 Å². The largest absolute Gasteiger partial charge is 0.325 e. The number of rotatable bonds is 3. The average molecular weight is 286 g/mol. The number of hydrogen-bond acceptors (Lipinski definition) is 5. The summed E-state index contributed by atoms with van der Waals surface area (Å²) < 4.78 is 1.63. The Bertz CT molecular complexity index is 632. The summed E-state index contributed by atoms with van der Waals surface area (Å²) in [6.45, 7) is 2.74. The highest BCUT2D eigenvalue weighted by Crippen LogP contribution is 2.16. The molecule has 1 aliphatic heterocycles. The fourth-order valence-electron chi connectivity index (χ4n) is 2.49. The van der Waals surface area contributed by atoms with Gasteiger partial charge < -0.3 is 10.6 Å². The predicted molar refractivity (Wildman–Crippen MR) is 78.2 cm³/mol. The van der Waals surface area contributed by atoms with Crippen LogP contribution in [0.4, 0.5) is 5.69 Å². The summed E-state index contributed by atoms with van der Waals surface area (Å²) >= 11 is 0. The molecule has 1 aromatic carbocycles. The number of piperidine rings is 1.